The number of nitrogens with zero attached hydrogens (tertiary/aromatic N) is 3. The zero-order valence-electron chi connectivity index (χ0n) is 15.7. The molecule has 0 aliphatic carbocycles. The molecule has 3 rings (SSSR count). The second-order valence-electron chi connectivity index (χ2n) is 6.57. The Balaban J connectivity index is 1.61. The molecule has 1 saturated heterocycles. The molecule has 1 aromatic heterocycles. The van der Waals surface area contributed by atoms with Crippen molar-refractivity contribution in [2.75, 3.05) is 12.4 Å². The van der Waals surface area contributed by atoms with Gasteiger partial charge in [-0.15, -0.1) is 11.8 Å². The van der Waals surface area contributed by atoms with Gasteiger partial charge in [0.05, 0.1) is 10.7 Å². The number of aromatic nitrogens is 2. The van der Waals surface area contributed by atoms with Crippen molar-refractivity contribution in [3.8, 4) is 0 Å². The fourth-order valence-electron chi connectivity index (χ4n) is 3.05. The summed E-state index contributed by atoms with van der Waals surface area (Å²) in [6.45, 7) is 3.08. The zero-order valence-corrected chi connectivity index (χ0v) is 17.2. The first-order valence-electron chi connectivity index (χ1n) is 8.71. The number of hydrogen-bond donors (Lipinski definition) is 2. The van der Waals surface area contributed by atoms with Gasteiger partial charge in [0, 0.05) is 37.4 Å². The topological polar surface area (TPSA) is 131 Å². The first-order chi connectivity index (χ1) is 13.7. The van der Waals surface area contributed by atoms with E-state index < -0.39 is 29.3 Å². The van der Waals surface area contributed by atoms with Crippen molar-refractivity contribution in [3.63, 3.8) is 0 Å². The van der Waals surface area contributed by atoms with Crippen molar-refractivity contribution in [2.45, 2.75) is 38.2 Å². The van der Waals surface area contributed by atoms with Gasteiger partial charge in [0.15, 0.2) is 0 Å². The molecule has 2 aliphatic heterocycles. The maximum absolute atomic E-state index is 12.5. The maximum Gasteiger partial charge on any atom is 0.352 e. The maximum atomic E-state index is 12.5. The van der Waals surface area contributed by atoms with E-state index in [1.54, 1.807) is 17.8 Å². The molecule has 10 nitrogen and oxygen atoms in total. The van der Waals surface area contributed by atoms with Crippen molar-refractivity contribution in [1.29, 1.82) is 0 Å². The van der Waals surface area contributed by atoms with E-state index in [9.17, 15) is 24.3 Å². The summed E-state index contributed by atoms with van der Waals surface area (Å²) in [5.41, 5.74) is 0.818. The first-order valence-corrected chi connectivity index (χ1v) is 10.1. The minimum absolute atomic E-state index is 0.0952. The third kappa shape index (κ3) is 4.40. The van der Waals surface area contributed by atoms with Gasteiger partial charge in [-0.25, -0.2) is 4.79 Å². The minimum atomic E-state index is -1.28. The fraction of sp³-hybridized carbons (Fsp3) is 0.471. The predicted molar refractivity (Wildman–Crippen MR) is 103 cm³/mol. The van der Waals surface area contributed by atoms with Gasteiger partial charge >= 0.3 is 11.9 Å². The zero-order chi connectivity index (χ0) is 21.3. The standard InChI is InChI=1S/C17H19ClN4O6S/c1-8-11(18)5-21(20-8)4-3-12(24)19-13-15(25)22-14(17(26)27)10(6-28-9(2)23)7-29-16(13)22/h5,13,16H,3-4,6-7H2,1-2H3,(H,19,24)(H,26,27)/t13-,16-/m0/s1. The van der Waals surface area contributed by atoms with Crippen LogP contribution in [0.2, 0.25) is 5.02 Å². The number of hydrogen-bond acceptors (Lipinski definition) is 7. The summed E-state index contributed by atoms with van der Waals surface area (Å²) < 4.78 is 6.43. The largest absolute Gasteiger partial charge is 0.477 e. The molecule has 2 atom stereocenters. The van der Waals surface area contributed by atoms with E-state index in [1.807, 2.05) is 0 Å². The van der Waals surface area contributed by atoms with Crippen LogP contribution in [0.25, 0.3) is 0 Å². The van der Waals surface area contributed by atoms with Gasteiger partial charge in [0.25, 0.3) is 5.91 Å². The van der Waals surface area contributed by atoms with Crippen molar-refractivity contribution in [1.82, 2.24) is 20.0 Å². The lowest BCUT2D eigenvalue weighted by molar-refractivity contribution is -0.151. The quantitative estimate of drug-likeness (QED) is 0.462. The molecule has 1 aromatic rings. The highest BCUT2D eigenvalue weighted by Gasteiger charge is 2.54. The van der Waals surface area contributed by atoms with Gasteiger partial charge < -0.3 is 15.2 Å². The van der Waals surface area contributed by atoms with Crippen LogP contribution in [-0.4, -0.2) is 67.3 Å². The Morgan fingerprint density at radius 2 is 2.17 bits per heavy atom. The number of esters is 1. The van der Waals surface area contributed by atoms with E-state index in [1.165, 1.54) is 18.7 Å². The van der Waals surface area contributed by atoms with Gasteiger partial charge in [-0.2, -0.15) is 5.10 Å². The molecule has 3 heterocycles. The summed E-state index contributed by atoms with van der Waals surface area (Å²) in [6.07, 6.45) is 1.71. The van der Waals surface area contributed by atoms with Crippen LogP contribution in [0.5, 0.6) is 0 Å². The van der Waals surface area contributed by atoms with Crippen LogP contribution in [0.15, 0.2) is 17.5 Å². The summed E-state index contributed by atoms with van der Waals surface area (Å²) in [5, 5.41) is 16.3. The van der Waals surface area contributed by atoms with Gasteiger partial charge in [-0.3, -0.25) is 24.0 Å². The molecule has 12 heteroatoms. The molecule has 0 bridgehead atoms. The Bertz CT molecular complexity index is 894. The molecule has 2 aliphatic rings. The van der Waals surface area contributed by atoms with Crippen LogP contribution in [0.1, 0.15) is 19.0 Å². The van der Waals surface area contributed by atoms with Gasteiger partial charge in [-0.1, -0.05) is 11.6 Å². The lowest BCUT2D eigenvalue weighted by atomic mass is 10.0. The Kier molecular flexibility index (Phi) is 6.18. The molecule has 0 aromatic carbocycles. The lowest BCUT2D eigenvalue weighted by Crippen LogP contribution is -2.70. The average Bonchev–Trinajstić information content (AvgIpc) is 2.99. The number of halogens is 1. The highest BCUT2D eigenvalue weighted by Crippen LogP contribution is 2.40. The van der Waals surface area contributed by atoms with Gasteiger partial charge in [0.2, 0.25) is 5.91 Å². The highest BCUT2D eigenvalue weighted by molar-refractivity contribution is 8.00. The number of nitrogens with one attached hydrogen (secondary N) is 1. The number of aryl methyl sites for hydroxylation is 2. The number of amides is 2. The van der Waals surface area contributed by atoms with E-state index >= 15 is 0 Å². The molecule has 0 saturated carbocycles. The third-order valence-electron chi connectivity index (χ3n) is 4.47. The highest BCUT2D eigenvalue weighted by atomic mass is 35.5. The van der Waals surface area contributed by atoms with E-state index in [0.717, 1.165) is 4.90 Å². The van der Waals surface area contributed by atoms with Crippen LogP contribution >= 0.6 is 23.4 Å². The number of carboxylic acids is 1. The number of aliphatic carboxylic acids is 1. The average molecular weight is 443 g/mol. The summed E-state index contributed by atoms with van der Waals surface area (Å²) in [6, 6.07) is -0.805. The Labute approximate surface area is 175 Å². The predicted octanol–water partition coefficient (Wildman–Crippen LogP) is 0.537. The van der Waals surface area contributed by atoms with E-state index in [2.05, 4.69) is 10.4 Å². The SMILES string of the molecule is CC(=O)OCC1=C(C(=O)O)N2C(=O)[C@H](NC(=O)CCn3cc(Cl)c(C)n3)[C@@H]2SC1. The minimum Gasteiger partial charge on any atom is -0.477 e. The second kappa shape index (κ2) is 8.46. The number of rotatable bonds is 7. The number of fused-ring (bicyclic) bond motifs is 1. The molecule has 0 spiro atoms. The molecule has 2 N–H and O–H groups in total. The second-order valence-corrected chi connectivity index (χ2v) is 8.08. The molecule has 29 heavy (non-hydrogen) atoms. The Morgan fingerprint density at radius 1 is 1.45 bits per heavy atom. The molecule has 156 valence electrons. The molecule has 2 amide bonds. The number of carboxylic acid groups (broad SMARTS) is 1. The van der Waals surface area contributed by atoms with Crippen LogP contribution in [0.4, 0.5) is 0 Å². The lowest BCUT2D eigenvalue weighted by Gasteiger charge is -2.49. The van der Waals surface area contributed by atoms with Gasteiger partial charge in [-0.05, 0) is 6.92 Å². The molecular weight excluding hydrogens is 424 g/mol. The smallest absolute Gasteiger partial charge is 0.352 e. The Morgan fingerprint density at radius 3 is 2.76 bits per heavy atom. The number of ether oxygens (including phenoxy) is 1. The molecular formula is C17H19ClN4O6S. The van der Waals surface area contributed by atoms with Crippen molar-refractivity contribution >= 4 is 47.1 Å². The number of thioether (sulfide) groups is 1. The fourth-order valence-corrected chi connectivity index (χ4v) is 4.53. The first kappa shape index (κ1) is 21.2. The summed E-state index contributed by atoms with van der Waals surface area (Å²) in [4.78, 5) is 48.5. The van der Waals surface area contributed by atoms with Crippen LogP contribution < -0.4 is 5.32 Å². The number of β-lactam (4-membered cyclic amide) rings is 1. The Hall–Kier alpha value is -2.53. The van der Waals surface area contributed by atoms with Crippen LogP contribution in [-0.2, 0) is 30.5 Å². The molecule has 0 radical (unpaired) electrons. The summed E-state index contributed by atoms with van der Waals surface area (Å²) >= 11 is 7.24. The monoisotopic (exact) mass is 442 g/mol. The van der Waals surface area contributed by atoms with Crippen molar-refractivity contribution < 1.29 is 29.0 Å². The van der Waals surface area contributed by atoms with Crippen LogP contribution in [0.3, 0.4) is 0 Å². The number of carbonyl (C=O) groups excluding carboxylic acids is 3. The van der Waals surface area contributed by atoms with Gasteiger partial charge in [0.1, 0.15) is 23.7 Å². The van der Waals surface area contributed by atoms with E-state index in [4.69, 9.17) is 16.3 Å². The van der Waals surface area contributed by atoms with Crippen LogP contribution in [0, 0.1) is 6.92 Å². The molecule has 0 unspecified atom stereocenters. The molecule has 1 fully saturated rings. The summed E-state index contributed by atoms with van der Waals surface area (Å²) in [5.74, 6) is -2.39. The number of carbonyl (C=O) groups is 4. The van der Waals surface area contributed by atoms with E-state index in [-0.39, 0.29) is 30.4 Å². The van der Waals surface area contributed by atoms with Crippen molar-refractivity contribution in [2.24, 2.45) is 0 Å². The third-order valence-corrected chi connectivity index (χ3v) is 6.18. The normalized spacial score (nSPS) is 20.8. The van der Waals surface area contributed by atoms with E-state index in [0.29, 0.717) is 22.8 Å². The summed E-state index contributed by atoms with van der Waals surface area (Å²) in [7, 11) is 0. The van der Waals surface area contributed by atoms with Crippen molar-refractivity contribution in [3.05, 3.63) is 28.2 Å².